The van der Waals surface area contributed by atoms with E-state index in [-0.39, 0.29) is 0 Å². The Balaban J connectivity index is 2.27. The molecule has 98 valence electrons. The first-order chi connectivity index (χ1) is 9.19. The number of rotatable bonds is 4. The Morgan fingerprint density at radius 2 is 1.79 bits per heavy atom. The Morgan fingerprint density at radius 1 is 1.00 bits per heavy atom. The van der Waals surface area contributed by atoms with Crippen molar-refractivity contribution in [2.24, 2.45) is 10.2 Å². The molecule has 2 aromatic carbocycles. The van der Waals surface area contributed by atoms with Crippen molar-refractivity contribution in [2.75, 3.05) is 18.6 Å². The van der Waals surface area contributed by atoms with Gasteiger partial charge in [-0.05, 0) is 36.4 Å². The van der Waals surface area contributed by atoms with Gasteiger partial charge in [0.05, 0.1) is 18.0 Å². The number of benzene rings is 2. The summed E-state index contributed by atoms with van der Waals surface area (Å²) in [4.78, 5) is 0. The van der Waals surface area contributed by atoms with Gasteiger partial charge in [0.15, 0.2) is 0 Å². The standard InChI is InChI=1S/C14H16N4O/c1-19-9-10-7-12(16)5-6-14(10)18-17-13-4-2-3-11(15)8-13/h2-8H,9,15-16H2,1H3/b18-17+. The van der Waals surface area contributed by atoms with Crippen molar-refractivity contribution in [1.29, 1.82) is 0 Å². The van der Waals surface area contributed by atoms with E-state index in [9.17, 15) is 0 Å². The van der Waals surface area contributed by atoms with Gasteiger partial charge in [-0.1, -0.05) is 6.07 Å². The Hall–Kier alpha value is -2.40. The number of methoxy groups -OCH3 is 1. The van der Waals surface area contributed by atoms with E-state index in [1.807, 2.05) is 24.3 Å². The van der Waals surface area contributed by atoms with Crippen LogP contribution < -0.4 is 11.5 Å². The Kier molecular flexibility index (Phi) is 4.10. The van der Waals surface area contributed by atoms with E-state index in [2.05, 4.69) is 10.2 Å². The van der Waals surface area contributed by atoms with Crippen LogP contribution in [0.4, 0.5) is 22.7 Å². The van der Waals surface area contributed by atoms with E-state index < -0.39 is 0 Å². The molecule has 0 fully saturated rings. The van der Waals surface area contributed by atoms with Crippen LogP contribution in [0, 0.1) is 0 Å². The zero-order valence-electron chi connectivity index (χ0n) is 10.7. The van der Waals surface area contributed by atoms with E-state index in [4.69, 9.17) is 16.2 Å². The molecule has 0 aromatic heterocycles. The monoisotopic (exact) mass is 256 g/mol. The first kappa shape index (κ1) is 13.0. The number of nitrogens with two attached hydrogens (primary N) is 2. The second-order valence-corrected chi connectivity index (χ2v) is 4.12. The lowest BCUT2D eigenvalue weighted by atomic mass is 10.2. The second-order valence-electron chi connectivity index (χ2n) is 4.12. The molecule has 0 aliphatic rings. The number of anilines is 2. The van der Waals surface area contributed by atoms with Crippen LogP contribution in [0.25, 0.3) is 0 Å². The van der Waals surface area contributed by atoms with Crippen molar-refractivity contribution in [3.63, 3.8) is 0 Å². The van der Waals surface area contributed by atoms with Gasteiger partial charge in [0.1, 0.15) is 0 Å². The van der Waals surface area contributed by atoms with Crippen LogP contribution in [0.3, 0.4) is 0 Å². The third-order valence-electron chi connectivity index (χ3n) is 2.55. The molecule has 4 N–H and O–H groups in total. The quantitative estimate of drug-likeness (QED) is 0.649. The van der Waals surface area contributed by atoms with Crippen molar-refractivity contribution in [3.8, 4) is 0 Å². The Bertz CT molecular complexity index is 596. The fourth-order valence-corrected chi connectivity index (χ4v) is 1.67. The number of azo groups is 1. The molecule has 0 saturated carbocycles. The van der Waals surface area contributed by atoms with Crippen LogP contribution in [0.1, 0.15) is 5.56 Å². The SMILES string of the molecule is COCc1cc(N)ccc1/N=N/c1cccc(N)c1. The lowest BCUT2D eigenvalue weighted by molar-refractivity contribution is 0.185. The predicted octanol–water partition coefficient (Wildman–Crippen LogP) is 3.41. The maximum atomic E-state index is 5.74. The van der Waals surface area contributed by atoms with Crippen molar-refractivity contribution in [3.05, 3.63) is 48.0 Å². The van der Waals surface area contributed by atoms with Gasteiger partial charge in [-0.25, -0.2) is 0 Å². The summed E-state index contributed by atoms with van der Waals surface area (Å²) in [7, 11) is 1.63. The lowest BCUT2D eigenvalue weighted by Gasteiger charge is -2.04. The van der Waals surface area contributed by atoms with E-state index in [1.165, 1.54) is 0 Å². The zero-order valence-corrected chi connectivity index (χ0v) is 10.7. The van der Waals surface area contributed by atoms with Gasteiger partial charge in [0.2, 0.25) is 0 Å². The van der Waals surface area contributed by atoms with E-state index >= 15 is 0 Å². The first-order valence-electron chi connectivity index (χ1n) is 5.83. The molecular formula is C14H16N4O. The van der Waals surface area contributed by atoms with E-state index in [1.54, 1.807) is 25.3 Å². The molecule has 0 radical (unpaired) electrons. The van der Waals surface area contributed by atoms with E-state index in [0.717, 1.165) is 11.3 Å². The van der Waals surface area contributed by atoms with Crippen molar-refractivity contribution < 1.29 is 4.74 Å². The molecule has 0 bridgehead atoms. The van der Waals surface area contributed by atoms with Crippen LogP contribution in [0.5, 0.6) is 0 Å². The summed E-state index contributed by atoms with van der Waals surface area (Å²) >= 11 is 0. The predicted molar refractivity (Wildman–Crippen MR) is 76.6 cm³/mol. The molecule has 0 aliphatic heterocycles. The molecule has 0 heterocycles. The van der Waals surface area contributed by atoms with Crippen LogP contribution in [0.15, 0.2) is 52.7 Å². The molecule has 0 unspecified atom stereocenters. The van der Waals surface area contributed by atoms with Gasteiger partial charge in [-0.2, -0.15) is 10.2 Å². The fraction of sp³-hybridized carbons (Fsp3) is 0.143. The van der Waals surface area contributed by atoms with Gasteiger partial charge >= 0.3 is 0 Å². The van der Waals surface area contributed by atoms with Gasteiger partial charge in [-0.15, -0.1) is 0 Å². The Morgan fingerprint density at radius 3 is 2.53 bits per heavy atom. The lowest BCUT2D eigenvalue weighted by Crippen LogP contribution is -1.91. The summed E-state index contributed by atoms with van der Waals surface area (Å²) < 4.78 is 5.12. The van der Waals surface area contributed by atoms with Gasteiger partial charge in [0, 0.05) is 24.0 Å². The highest BCUT2D eigenvalue weighted by Gasteiger charge is 2.02. The second kappa shape index (κ2) is 5.97. The topological polar surface area (TPSA) is 86.0 Å². The highest BCUT2D eigenvalue weighted by atomic mass is 16.5. The zero-order chi connectivity index (χ0) is 13.7. The third kappa shape index (κ3) is 3.53. The number of nitrogen functional groups attached to an aromatic ring is 2. The van der Waals surface area contributed by atoms with Gasteiger partial charge in [-0.3, -0.25) is 0 Å². The molecule has 0 atom stereocenters. The largest absolute Gasteiger partial charge is 0.399 e. The van der Waals surface area contributed by atoms with Crippen LogP contribution in [-0.2, 0) is 11.3 Å². The van der Waals surface area contributed by atoms with Gasteiger partial charge < -0.3 is 16.2 Å². The van der Waals surface area contributed by atoms with Crippen molar-refractivity contribution >= 4 is 22.7 Å². The number of ether oxygens (including phenoxy) is 1. The van der Waals surface area contributed by atoms with Gasteiger partial charge in [0.25, 0.3) is 0 Å². The van der Waals surface area contributed by atoms with Crippen molar-refractivity contribution in [2.45, 2.75) is 6.61 Å². The molecule has 2 aromatic rings. The molecule has 2 rings (SSSR count). The van der Waals surface area contributed by atoms with Crippen molar-refractivity contribution in [1.82, 2.24) is 0 Å². The molecule has 5 nitrogen and oxygen atoms in total. The maximum absolute atomic E-state index is 5.74. The highest BCUT2D eigenvalue weighted by Crippen LogP contribution is 2.25. The normalized spacial score (nSPS) is 11.0. The summed E-state index contributed by atoms with van der Waals surface area (Å²) in [5.41, 5.74) is 15.1. The van der Waals surface area contributed by atoms with Crippen LogP contribution in [-0.4, -0.2) is 7.11 Å². The molecular weight excluding hydrogens is 240 g/mol. The summed E-state index contributed by atoms with van der Waals surface area (Å²) in [5.74, 6) is 0. The smallest absolute Gasteiger partial charge is 0.0913 e. The minimum Gasteiger partial charge on any atom is -0.399 e. The minimum atomic E-state index is 0.441. The summed E-state index contributed by atoms with van der Waals surface area (Å²) in [6.45, 7) is 0.441. The summed E-state index contributed by atoms with van der Waals surface area (Å²) in [5, 5.41) is 8.37. The average molecular weight is 256 g/mol. The first-order valence-corrected chi connectivity index (χ1v) is 5.83. The molecule has 19 heavy (non-hydrogen) atoms. The van der Waals surface area contributed by atoms with E-state index in [0.29, 0.717) is 23.7 Å². The summed E-state index contributed by atoms with van der Waals surface area (Å²) in [6, 6.07) is 12.7. The minimum absolute atomic E-state index is 0.441. The molecule has 0 spiro atoms. The molecule has 0 amide bonds. The fourth-order valence-electron chi connectivity index (χ4n) is 1.67. The maximum Gasteiger partial charge on any atom is 0.0913 e. The van der Waals surface area contributed by atoms with Crippen LogP contribution in [0.2, 0.25) is 0 Å². The summed E-state index contributed by atoms with van der Waals surface area (Å²) in [6.07, 6.45) is 0. The Labute approximate surface area is 111 Å². The average Bonchev–Trinajstić information content (AvgIpc) is 2.38. The van der Waals surface area contributed by atoms with Crippen LogP contribution >= 0.6 is 0 Å². The number of nitrogens with zero attached hydrogens (tertiary/aromatic N) is 2. The molecule has 5 heteroatoms. The highest BCUT2D eigenvalue weighted by molar-refractivity contribution is 5.55. The number of hydrogen-bond acceptors (Lipinski definition) is 5. The molecule has 0 saturated heterocycles. The molecule has 0 aliphatic carbocycles. The third-order valence-corrected chi connectivity index (χ3v) is 2.55. The number of hydrogen-bond donors (Lipinski definition) is 2.